The van der Waals surface area contributed by atoms with Gasteiger partial charge in [0.1, 0.15) is 0 Å². The molecule has 0 saturated carbocycles. The third-order valence-corrected chi connectivity index (χ3v) is 1.83. The van der Waals surface area contributed by atoms with Crippen LogP contribution in [0.3, 0.4) is 0 Å². The van der Waals surface area contributed by atoms with Crippen LogP contribution in [-0.2, 0) is 22.8 Å². The molecular formula is C11H12FeS-6. The van der Waals surface area contributed by atoms with E-state index in [1.807, 2.05) is 42.5 Å². The van der Waals surface area contributed by atoms with Crippen molar-refractivity contribution in [3.05, 3.63) is 60.2 Å². The molecule has 0 N–H and O–H groups in total. The van der Waals surface area contributed by atoms with Crippen LogP contribution in [0.5, 0.6) is 0 Å². The molecule has 0 amide bonds. The SMILES string of the molecule is SC[c-]1cccc1.[Fe].[cH-]1[cH-][cH-][cH-][cH-]1. The maximum absolute atomic E-state index is 4.08. The minimum absolute atomic E-state index is 0. The van der Waals surface area contributed by atoms with Crippen molar-refractivity contribution in [2.45, 2.75) is 5.75 Å². The van der Waals surface area contributed by atoms with Crippen LogP contribution >= 0.6 is 12.6 Å². The van der Waals surface area contributed by atoms with Crippen LogP contribution in [0, 0.1) is 0 Å². The molecule has 0 aliphatic rings. The number of thiol groups is 1. The van der Waals surface area contributed by atoms with E-state index in [1.54, 1.807) is 0 Å². The Balaban J connectivity index is 0.000000215. The molecule has 0 spiro atoms. The Labute approximate surface area is 95.6 Å². The average molecular weight is 232 g/mol. The summed E-state index contributed by atoms with van der Waals surface area (Å²) in [6.45, 7) is 0. The first-order chi connectivity index (χ1) is 5.93. The minimum Gasteiger partial charge on any atom is -0.748 e. The summed E-state index contributed by atoms with van der Waals surface area (Å²) in [6.07, 6.45) is 0. The Hall–Kier alpha value is -0.431. The Bertz CT molecular complexity index is 241. The van der Waals surface area contributed by atoms with Gasteiger partial charge in [-0.25, -0.2) is 12.1 Å². The van der Waals surface area contributed by atoms with Crippen LogP contribution < -0.4 is 0 Å². The third kappa shape index (κ3) is 5.75. The fourth-order valence-corrected chi connectivity index (χ4v) is 1.05. The van der Waals surface area contributed by atoms with E-state index in [1.165, 1.54) is 5.56 Å². The van der Waals surface area contributed by atoms with Gasteiger partial charge in [0.25, 0.3) is 0 Å². The average Bonchev–Trinajstić information content (AvgIpc) is 2.81. The molecule has 0 radical (unpaired) electrons. The van der Waals surface area contributed by atoms with Gasteiger partial charge in [0, 0.05) is 17.1 Å². The molecule has 76 valence electrons. The van der Waals surface area contributed by atoms with Crippen LogP contribution in [0.15, 0.2) is 54.6 Å². The van der Waals surface area contributed by atoms with Crippen molar-refractivity contribution in [3.8, 4) is 0 Å². The summed E-state index contributed by atoms with van der Waals surface area (Å²) in [4.78, 5) is 0. The second-order valence-corrected chi connectivity index (χ2v) is 2.73. The fraction of sp³-hybridized carbons (Fsp3) is 0.0909. The summed E-state index contributed by atoms with van der Waals surface area (Å²) in [5.74, 6) is 0.854. The summed E-state index contributed by atoms with van der Waals surface area (Å²) in [5.41, 5.74) is 1.29. The fourth-order valence-electron chi connectivity index (χ4n) is 0.840. The summed E-state index contributed by atoms with van der Waals surface area (Å²) in [6, 6.07) is 18.2. The first-order valence-electron chi connectivity index (χ1n) is 3.91. The molecule has 0 fully saturated rings. The number of hydrogen-bond donors (Lipinski definition) is 1. The first-order valence-corrected chi connectivity index (χ1v) is 4.55. The summed E-state index contributed by atoms with van der Waals surface area (Å²) >= 11 is 4.08. The van der Waals surface area contributed by atoms with Gasteiger partial charge in [-0.2, -0.15) is 24.8 Å². The zero-order valence-corrected chi connectivity index (χ0v) is 9.20. The molecule has 2 heteroatoms. The van der Waals surface area contributed by atoms with E-state index in [-0.39, 0.29) is 17.1 Å². The monoisotopic (exact) mass is 232 g/mol. The quantitative estimate of drug-likeness (QED) is 0.435. The molecular weight excluding hydrogens is 220 g/mol. The van der Waals surface area contributed by atoms with Crippen molar-refractivity contribution in [2.24, 2.45) is 0 Å². The molecule has 2 aromatic rings. The summed E-state index contributed by atoms with van der Waals surface area (Å²) in [7, 11) is 0. The zero-order chi connectivity index (χ0) is 8.65. The van der Waals surface area contributed by atoms with Gasteiger partial charge in [-0.05, 0) is 5.75 Å². The van der Waals surface area contributed by atoms with Crippen molar-refractivity contribution in [1.29, 1.82) is 0 Å². The predicted molar refractivity (Wildman–Crippen MR) is 56.8 cm³/mol. The number of rotatable bonds is 1. The third-order valence-electron chi connectivity index (χ3n) is 1.47. The molecule has 0 nitrogen and oxygen atoms in total. The molecule has 0 heterocycles. The molecule has 0 bridgehead atoms. The zero-order valence-electron chi connectivity index (χ0n) is 7.20. The van der Waals surface area contributed by atoms with Crippen molar-refractivity contribution >= 4 is 12.6 Å². The van der Waals surface area contributed by atoms with E-state index >= 15 is 0 Å². The van der Waals surface area contributed by atoms with Crippen molar-refractivity contribution < 1.29 is 17.1 Å². The van der Waals surface area contributed by atoms with Gasteiger partial charge in [-0.15, -0.1) is 5.56 Å². The maximum Gasteiger partial charge on any atom is 0 e. The van der Waals surface area contributed by atoms with Crippen LogP contribution in [0.1, 0.15) is 5.56 Å². The van der Waals surface area contributed by atoms with Gasteiger partial charge in [-0.1, -0.05) is 0 Å². The molecule has 0 atom stereocenters. The van der Waals surface area contributed by atoms with Crippen LogP contribution in [-0.4, -0.2) is 0 Å². The molecule has 0 aliphatic heterocycles. The van der Waals surface area contributed by atoms with Gasteiger partial charge in [0.15, 0.2) is 0 Å². The van der Waals surface area contributed by atoms with Crippen molar-refractivity contribution in [3.63, 3.8) is 0 Å². The van der Waals surface area contributed by atoms with Crippen LogP contribution in [0.2, 0.25) is 0 Å². The second-order valence-electron chi connectivity index (χ2n) is 2.41. The largest absolute Gasteiger partial charge is 0.748 e. The molecule has 2 aromatic carbocycles. The molecule has 2 rings (SSSR count). The Morgan fingerprint density at radius 1 is 0.923 bits per heavy atom. The van der Waals surface area contributed by atoms with Crippen LogP contribution in [0.4, 0.5) is 0 Å². The van der Waals surface area contributed by atoms with Gasteiger partial charge in [0.05, 0.1) is 0 Å². The molecule has 0 aromatic heterocycles. The van der Waals surface area contributed by atoms with Crippen molar-refractivity contribution in [1.82, 2.24) is 0 Å². The topological polar surface area (TPSA) is 0 Å². The predicted octanol–water partition coefficient (Wildman–Crippen LogP) is 3.24. The molecule has 13 heavy (non-hydrogen) atoms. The molecule has 0 unspecified atom stereocenters. The summed E-state index contributed by atoms with van der Waals surface area (Å²) in [5, 5.41) is 0. The Morgan fingerprint density at radius 3 is 1.54 bits per heavy atom. The minimum atomic E-state index is 0. The molecule has 0 aliphatic carbocycles. The van der Waals surface area contributed by atoms with E-state index in [2.05, 4.69) is 24.8 Å². The van der Waals surface area contributed by atoms with Gasteiger partial charge >= 0.3 is 0 Å². The molecule has 0 saturated heterocycles. The van der Waals surface area contributed by atoms with E-state index < -0.39 is 0 Å². The smallest absolute Gasteiger partial charge is 0 e. The second kappa shape index (κ2) is 8.18. The van der Waals surface area contributed by atoms with Gasteiger partial charge in [-0.3, -0.25) is 0 Å². The normalized spacial score (nSPS) is 8.08. The van der Waals surface area contributed by atoms with E-state index in [0.29, 0.717) is 0 Å². The van der Waals surface area contributed by atoms with Gasteiger partial charge < -0.3 is 30.3 Å². The van der Waals surface area contributed by atoms with Gasteiger partial charge in [0.2, 0.25) is 0 Å². The van der Waals surface area contributed by atoms with Crippen LogP contribution in [0.25, 0.3) is 0 Å². The summed E-state index contributed by atoms with van der Waals surface area (Å²) < 4.78 is 0. The van der Waals surface area contributed by atoms with E-state index in [0.717, 1.165) is 5.75 Å². The maximum atomic E-state index is 4.08. The van der Waals surface area contributed by atoms with Crippen molar-refractivity contribution in [2.75, 3.05) is 0 Å². The van der Waals surface area contributed by atoms with E-state index in [9.17, 15) is 0 Å². The Morgan fingerprint density at radius 2 is 1.31 bits per heavy atom. The first kappa shape index (κ1) is 12.6. The number of hydrogen-bond acceptors (Lipinski definition) is 1. The Kier molecular flexibility index (Phi) is 7.91. The van der Waals surface area contributed by atoms with E-state index in [4.69, 9.17) is 0 Å². The standard InChI is InChI=1S/C6H7S.C5H5.Fe/c7-5-6-3-1-2-4-6;1-2-4-5-3-1;/h1-4,7H,5H2;1-5H;/q-1;-5;.